The van der Waals surface area contributed by atoms with Gasteiger partial charge in [-0.25, -0.2) is 13.8 Å². The molecule has 5 rings (SSSR count). The summed E-state index contributed by atoms with van der Waals surface area (Å²) in [6.45, 7) is 1.94. The van der Waals surface area contributed by atoms with Gasteiger partial charge in [-0.1, -0.05) is 18.2 Å². The molecule has 0 saturated carbocycles. The molecule has 0 spiro atoms. The second kappa shape index (κ2) is 9.47. The molecule has 5 nitrogen and oxygen atoms in total. The van der Waals surface area contributed by atoms with E-state index in [0.29, 0.717) is 23.1 Å². The molecule has 1 unspecified atom stereocenters. The zero-order chi connectivity index (χ0) is 28.1. The fourth-order valence-electron chi connectivity index (χ4n) is 4.20. The summed E-state index contributed by atoms with van der Waals surface area (Å²) in [6, 6.07) is 7.51. The van der Waals surface area contributed by atoms with E-state index < -0.39 is 46.7 Å². The third kappa shape index (κ3) is 5.08. The van der Waals surface area contributed by atoms with Gasteiger partial charge in [0.2, 0.25) is 0 Å². The number of aromatic amines is 1. The summed E-state index contributed by atoms with van der Waals surface area (Å²) >= 11 is 0. The number of nitrogens with zero attached hydrogens (tertiary/aromatic N) is 4. The van der Waals surface area contributed by atoms with Crippen LogP contribution in [0.25, 0.3) is 22.5 Å². The van der Waals surface area contributed by atoms with Crippen molar-refractivity contribution in [3.8, 4) is 22.5 Å². The fourth-order valence-corrected chi connectivity index (χ4v) is 4.20. The lowest BCUT2D eigenvalue weighted by atomic mass is 9.97. The van der Waals surface area contributed by atoms with Gasteiger partial charge in [-0.05, 0) is 42.8 Å². The minimum atomic E-state index is -5.01. The van der Waals surface area contributed by atoms with Crippen molar-refractivity contribution >= 4 is 6.21 Å². The van der Waals surface area contributed by atoms with Gasteiger partial charge in [0.05, 0.1) is 46.9 Å². The Balaban J connectivity index is 1.38. The van der Waals surface area contributed by atoms with Crippen LogP contribution in [0.2, 0.25) is 0 Å². The molecular weight excluding hydrogens is 534 g/mol. The minimum Gasteiger partial charge on any atom is -0.340 e. The number of alkyl halides is 6. The van der Waals surface area contributed by atoms with Crippen molar-refractivity contribution in [2.45, 2.75) is 31.9 Å². The first-order valence-corrected chi connectivity index (χ1v) is 11.4. The smallest absolute Gasteiger partial charge is 0.340 e. The molecular formula is C26H17F8N5. The molecule has 0 radical (unpaired) electrons. The number of H-pyrrole nitrogens is 1. The summed E-state index contributed by atoms with van der Waals surface area (Å²) in [4.78, 5) is 11.5. The molecule has 1 aliphatic rings. The van der Waals surface area contributed by atoms with E-state index in [2.05, 4.69) is 20.1 Å². The Morgan fingerprint density at radius 1 is 0.923 bits per heavy atom. The van der Waals surface area contributed by atoms with Crippen LogP contribution in [0.1, 0.15) is 41.2 Å². The van der Waals surface area contributed by atoms with Crippen molar-refractivity contribution < 1.29 is 35.1 Å². The Hall–Kier alpha value is -4.29. The molecule has 2 aromatic heterocycles. The van der Waals surface area contributed by atoms with Crippen LogP contribution >= 0.6 is 0 Å². The van der Waals surface area contributed by atoms with Crippen LogP contribution in [0.15, 0.2) is 59.8 Å². The van der Waals surface area contributed by atoms with E-state index in [4.69, 9.17) is 0 Å². The Kier molecular flexibility index (Phi) is 6.39. The van der Waals surface area contributed by atoms with Gasteiger partial charge in [0.25, 0.3) is 0 Å². The number of hydrazone groups is 1. The Bertz CT molecular complexity index is 1550. The first-order chi connectivity index (χ1) is 18.3. The third-order valence-corrected chi connectivity index (χ3v) is 6.29. The number of benzene rings is 2. The first-order valence-electron chi connectivity index (χ1n) is 11.4. The third-order valence-electron chi connectivity index (χ3n) is 6.29. The van der Waals surface area contributed by atoms with Gasteiger partial charge in [-0.3, -0.25) is 9.99 Å². The number of hydrogen-bond donors (Lipinski definition) is 1. The molecule has 0 fully saturated rings. The van der Waals surface area contributed by atoms with Gasteiger partial charge in [-0.15, -0.1) is 0 Å². The molecule has 3 heterocycles. The molecule has 4 aromatic rings. The number of fused-ring (bicyclic) bond motifs is 1. The second-order valence-electron chi connectivity index (χ2n) is 8.80. The number of pyridine rings is 1. The van der Waals surface area contributed by atoms with E-state index >= 15 is 0 Å². The molecule has 1 atom stereocenters. The SMILES string of the molecule is CC(c1ccc(-c2ccc(C(F)(F)F)cc2C(F)(F)F)cn1)N1Cc2[nH]c(-c3cccc(F)c3F)nc2C=N1. The van der Waals surface area contributed by atoms with Crippen molar-refractivity contribution in [2.24, 2.45) is 5.10 Å². The maximum absolute atomic E-state index is 14.2. The lowest BCUT2D eigenvalue weighted by Crippen LogP contribution is -2.25. The topological polar surface area (TPSA) is 57.2 Å². The van der Waals surface area contributed by atoms with E-state index in [1.165, 1.54) is 30.5 Å². The zero-order valence-corrected chi connectivity index (χ0v) is 19.9. The summed E-state index contributed by atoms with van der Waals surface area (Å²) in [5.41, 5.74) is -1.87. The van der Waals surface area contributed by atoms with Crippen LogP contribution in [0, 0.1) is 11.6 Å². The predicted octanol–water partition coefficient (Wildman–Crippen LogP) is 7.37. The molecule has 202 valence electrons. The van der Waals surface area contributed by atoms with Crippen LogP contribution in [-0.2, 0) is 18.9 Å². The standard InChI is InChI=1S/C26H17F8N5/c1-13(39-12-22-21(11-36-39)37-24(38-22)17-3-2-4-19(27)23(17)28)20-8-5-14(10-35-20)16-7-6-15(25(29,30)31)9-18(16)26(32,33)34/h2-11,13H,12H2,1H3,(H,37,38). The maximum atomic E-state index is 14.2. The summed E-state index contributed by atoms with van der Waals surface area (Å²) in [6.07, 6.45) is -7.35. The second-order valence-corrected chi connectivity index (χ2v) is 8.80. The number of aromatic nitrogens is 3. The lowest BCUT2D eigenvalue weighted by molar-refractivity contribution is -0.142. The highest BCUT2D eigenvalue weighted by atomic mass is 19.4. The summed E-state index contributed by atoms with van der Waals surface area (Å²) in [7, 11) is 0. The van der Waals surface area contributed by atoms with Gasteiger partial charge in [-0.2, -0.15) is 31.4 Å². The fraction of sp³-hybridized carbons (Fsp3) is 0.192. The van der Waals surface area contributed by atoms with Gasteiger partial charge < -0.3 is 4.98 Å². The lowest BCUT2D eigenvalue weighted by Gasteiger charge is -2.27. The normalized spacial score (nSPS) is 14.4. The number of rotatable bonds is 4. The van der Waals surface area contributed by atoms with Gasteiger partial charge in [0, 0.05) is 11.8 Å². The highest BCUT2D eigenvalue weighted by molar-refractivity contribution is 5.81. The van der Waals surface area contributed by atoms with Crippen molar-refractivity contribution in [3.63, 3.8) is 0 Å². The molecule has 39 heavy (non-hydrogen) atoms. The molecule has 1 N–H and O–H groups in total. The Morgan fingerprint density at radius 3 is 2.36 bits per heavy atom. The van der Waals surface area contributed by atoms with Crippen molar-refractivity contribution in [2.75, 3.05) is 0 Å². The van der Waals surface area contributed by atoms with Gasteiger partial charge in [0.1, 0.15) is 11.5 Å². The number of halogens is 8. The Labute approximate surface area is 215 Å². The average Bonchev–Trinajstić information content (AvgIpc) is 3.32. The molecule has 13 heteroatoms. The largest absolute Gasteiger partial charge is 0.417 e. The first kappa shape index (κ1) is 26.3. The number of nitrogens with one attached hydrogen (secondary N) is 1. The summed E-state index contributed by atoms with van der Waals surface area (Å²) in [5, 5.41) is 5.92. The molecule has 0 saturated heterocycles. The Morgan fingerprint density at radius 2 is 1.69 bits per heavy atom. The van der Waals surface area contributed by atoms with Gasteiger partial charge in [0.15, 0.2) is 11.6 Å². The van der Waals surface area contributed by atoms with Crippen molar-refractivity contribution in [1.29, 1.82) is 0 Å². The van der Waals surface area contributed by atoms with Gasteiger partial charge >= 0.3 is 12.4 Å². The molecule has 2 aromatic carbocycles. The molecule has 0 amide bonds. The monoisotopic (exact) mass is 551 g/mol. The summed E-state index contributed by atoms with van der Waals surface area (Å²) < 4.78 is 107. The number of hydrogen-bond acceptors (Lipinski definition) is 4. The van der Waals surface area contributed by atoms with E-state index in [1.807, 2.05) is 0 Å². The highest BCUT2D eigenvalue weighted by Gasteiger charge is 2.38. The van der Waals surface area contributed by atoms with Crippen LogP contribution in [0.5, 0.6) is 0 Å². The van der Waals surface area contributed by atoms with E-state index in [0.717, 1.165) is 18.3 Å². The van der Waals surface area contributed by atoms with Crippen LogP contribution in [-0.4, -0.2) is 26.2 Å². The number of imidazole rings is 1. The average molecular weight is 551 g/mol. The predicted molar refractivity (Wildman–Crippen MR) is 125 cm³/mol. The molecule has 0 bridgehead atoms. The van der Waals surface area contributed by atoms with Crippen molar-refractivity contribution in [3.05, 3.63) is 94.6 Å². The summed E-state index contributed by atoms with van der Waals surface area (Å²) in [5.74, 6) is -1.94. The van der Waals surface area contributed by atoms with E-state index in [9.17, 15) is 35.1 Å². The van der Waals surface area contributed by atoms with Crippen molar-refractivity contribution in [1.82, 2.24) is 20.0 Å². The van der Waals surface area contributed by atoms with E-state index in [-0.39, 0.29) is 29.6 Å². The quantitative estimate of drug-likeness (QED) is 0.270. The van der Waals surface area contributed by atoms with E-state index in [1.54, 1.807) is 11.9 Å². The molecule has 0 aliphatic carbocycles. The van der Waals surface area contributed by atoms with Crippen LogP contribution < -0.4 is 0 Å². The minimum absolute atomic E-state index is 0.00763. The zero-order valence-electron chi connectivity index (χ0n) is 19.9. The highest BCUT2D eigenvalue weighted by Crippen LogP contribution is 2.41. The van der Waals surface area contributed by atoms with Crippen LogP contribution in [0.4, 0.5) is 35.1 Å². The molecule has 1 aliphatic heterocycles. The maximum Gasteiger partial charge on any atom is 0.417 e. The van der Waals surface area contributed by atoms with Crippen LogP contribution in [0.3, 0.4) is 0 Å².